The summed E-state index contributed by atoms with van der Waals surface area (Å²) in [6.45, 7) is 2.00. The first-order valence-corrected chi connectivity index (χ1v) is 9.94. The molecule has 2 aromatic carbocycles. The van der Waals surface area contributed by atoms with Crippen LogP contribution in [0.1, 0.15) is 24.3 Å². The number of nitrogens with one attached hydrogen (secondary N) is 1. The van der Waals surface area contributed by atoms with E-state index in [1.54, 1.807) is 13.4 Å². The summed E-state index contributed by atoms with van der Waals surface area (Å²) in [5.74, 6) is 1.64. The molecule has 4 aromatic rings. The molecule has 0 fully saturated rings. The highest BCUT2D eigenvalue weighted by Crippen LogP contribution is 2.39. The van der Waals surface area contributed by atoms with E-state index in [2.05, 4.69) is 10.3 Å². The van der Waals surface area contributed by atoms with Crippen LogP contribution in [0.5, 0.6) is 5.75 Å². The number of furan rings is 1. The van der Waals surface area contributed by atoms with E-state index in [4.69, 9.17) is 13.9 Å². The van der Waals surface area contributed by atoms with E-state index in [9.17, 15) is 4.79 Å². The zero-order valence-corrected chi connectivity index (χ0v) is 17.2. The number of esters is 1. The van der Waals surface area contributed by atoms with Crippen molar-refractivity contribution >= 4 is 23.0 Å². The van der Waals surface area contributed by atoms with Crippen molar-refractivity contribution in [1.82, 2.24) is 9.55 Å². The van der Waals surface area contributed by atoms with Crippen molar-refractivity contribution in [3.8, 4) is 5.75 Å². The maximum absolute atomic E-state index is 13.3. The molecule has 0 unspecified atom stereocenters. The predicted octanol–water partition coefficient (Wildman–Crippen LogP) is 4.67. The smallest absolute Gasteiger partial charge is 0.338 e. The number of para-hydroxylation sites is 2. The Balaban J connectivity index is 1.50. The minimum absolute atomic E-state index is 0.155. The number of benzene rings is 2. The average Bonchev–Trinajstić information content (AvgIpc) is 3.44. The highest BCUT2D eigenvalue weighted by molar-refractivity contribution is 5.93. The van der Waals surface area contributed by atoms with Gasteiger partial charge in [-0.2, -0.15) is 0 Å². The van der Waals surface area contributed by atoms with E-state index in [1.165, 1.54) is 0 Å². The van der Waals surface area contributed by atoms with Gasteiger partial charge in [0.2, 0.25) is 5.95 Å². The molecule has 5 rings (SSSR count). The van der Waals surface area contributed by atoms with E-state index in [0.717, 1.165) is 22.3 Å². The third kappa shape index (κ3) is 3.34. The topological polar surface area (TPSA) is 78.5 Å². The number of rotatable bonds is 5. The molecule has 3 heterocycles. The molecule has 0 bridgehead atoms. The quantitative estimate of drug-likeness (QED) is 0.477. The Kier molecular flexibility index (Phi) is 4.71. The first-order chi connectivity index (χ1) is 15.2. The van der Waals surface area contributed by atoms with Crippen LogP contribution in [0.25, 0.3) is 11.0 Å². The third-order valence-corrected chi connectivity index (χ3v) is 5.39. The van der Waals surface area contributed by atoms with Crippen molar-refractivity contribution in [3.05, 3.63) is 89.5 Å². The van der Waals surface area contributed by atoms with Gasteiger partial charge in [0.15, 0.2) is 0 Å². The standard InChI is InChI=1S/C24H21N3O4/c1-15-21(23(28)31-14-16-9-11-17(29-2)12-10-16)22(20-8-5-13-30-20)27-19-7-4-3-6-18(19)26-24(27)25-15/h3-13,22H,14H2,1-2H3,(H,25,26)/t22-/m0/s1. The Morgan fingerprint density at radius 2 is 1.94 bits per heavy atom. The van der Waals surface area contributed by atoms with Gasteiger partial charge in [0.1, 0.15) is 24.2 Å². The largest absolute Gasteiger partial charge is 0.497 e. The van der Waals surface area contributed by atoms with Crippen molar-refractivity contribution in [1.29, 1.82) is 0 Å². The van der Waals surface area contributed by atoms with Crippen LogP contribution >= 0.6 is 0 Å². The number of carbonyl (C=O) groups is 1. The van der Waals surface area contributed by atoms with Crippen molar-refractivity contribution in [2.45, 2.75) is 19.6 Å². The number of methoxy groups -OCH3 is 1. The van der Waals surface area contributed by atoms with Gasteiger partial charge in [-0.15, -0.1) is 0 Å². The Morgan fingerprint density at radius 3 is 2.68 bits per heavy atom. The summed E-state index contributed by atoms with van der Waals surface area (Å²) in [6, 6.07) is 18.4. The number of carbonyl (C=O) groups excluding carboxylic acids is 1. The first-order valence-electron chi connectivity index (χ1n) is 9.94. The predicted molar refractivity (Wildman–Crippen MR) is 116 cm³/mol. The van der Waals surface area contributed by atoms with Gasteiger partial charge in [-0.1, -0.05) is 24.3 Å². The summed E-state index contributed by atoms with van der Waals surface area (Å²) in [4.78, 5) is 17.9. The summed E-state index contributed by atoms with van der Waals surface area (Å²) in [7, 11) is 1.61. The van der Waals surface area contributed by atoms with Gasteiger partial charge in [0.05, 0.1) is 30.0 Å². The maximum Gasteiger partial charge on any atom is 0.338 e. The van der Waals surface area contributed by atoms with Crippen molar-refractivity contribution in [2.24, 2.45) is 0 Å². The molecule has 0 aliphatic carbocycles. The van der Waals surface area contributed by atoms with Gasteiger partial charge in [0, 0.05) is 5.70 Å². The molecule has 0 radical (unpaired) electrons. The summed E-state index contributed by atoms with van der Waals surface area (Å²) in [5, 5.41) is 3.26. The monoisotopic (exact) mass is 415 g/mol. The molecule has 7 heteroatoms. The van der Waals surface area contributed by atoms with Gasteiger partial charge in [0.25, 0.3) is 0 Å². The molecule has 1 N–H and O–H groups in total. The van der Waals surface area contributed by atoms with Gasteiger partial charge in [-0.3, -0.25) is 4.57 Å². The van der Waals surface area contributed by atoms with E-state index >= 15 is 0 Å². The summed E-state index contributed by atoms with van der Waals surface area (Å²) in [6.07, 6.45) is 1.60. The number of allylic oxidation sites excluding steroid dienone is 1. The van der Waals surface area contributed by atoms with E-state index in [-0.39, 0.29) is 6.61 Å². The molecule has 0 amide bonds. The van der Waals surface area contributed by atoms with Crippen LogP contribution in [0.3, 0.4) is 0 Å². The zero-order valence-electron chi connectivity index (χ0n) is 17.2. The molecule has 1 aliphatic rings. The molecule has 156 valence electrons. The van der Waals surface area contributed by atoms with E-state index in [0.29, 0.717) is 23.0 Å². The molecule has 1 aliphatic heterocycles. The minimum Gasteiger partial charge on any atom is -0.497 e. The normalized spacial score (nSPS) is 15.5. The van der Waals surface area contributed by atoms with Gasteiger partial charge >= 0.3 is 5.97 Å². The van der Waals surface area contributed by atoms with Crippen LogP contribution in [0.4, 0.5) is 5.95 Å². The Hall–Kier alpha value is -4.00. The molecule has 0 saturated heterocycles. The molecule has 7 nitrogen and oxygen atoms in total. The molecule has 0 saturated carbocycles. The average molecular weight is 415 g/mol. The van der Waals surface area contributed by atoms with Gasteiger partial charge < -0.3 is 19.2 Å². The van der Waals surface area contributed by atoms with Crippen LogP contribution < -0.4 is 10.1 Å². The number of aromatic nitrogens is 2. The number of ether oxygens (including phenoxy) is 2. The number of hydrogen-bond donors (Lipinski definition) is 1. The lowest BCUT2D eigenvalue weighted by Gasteiger charge is -2.28. The zero-order chi connectivity index (χ0) is 21.4. The van der Waals surface area contributed by atoms with Crippen LogP contribution in [0, 0.1) is 0 Å². The van der Waals surface area contributed by atoms with Crippen LogP contribution in [0.15, 0.2) is 82.6 Å². The lowest BCUT2D eigenvalue weighted by molar-refractivity contribution is -0.140. The number of hydrogen-bond acceptors (Lipinski definition) is 6. The second-order valence-corrected chi connectivity index (χ2v) is 7.30. The lowest BCUT2D eigenvalue weighted by atomic mass is 10.00. The molecule has 31 heavy (non-hydrogen) atoms. The second-order valence-electron chi connectivity index (χ2n) is 7.30. The Bertz CT molecular complexity index is 1270. The number of fused-ring (bicyclic) bond motifs is 3. The summed E-state index contributed by atoms with van der Waals surface area (Å²) in [5.41, 5.74) is 3.78. The van der Waals surface area contributed by atoms with E-state index < -0.39 is 12.0 Å². The fourth-order valence-corrected chi connectivity index (χ4v) is 3.89. The number of anilines is 1. The SMILES string of the molecule is COc1ccc(COC(=O)C2=C(C)Nc3nc4ccccc4n3[C@H]2c2ccco2)cc1. The van der Waals surface area contributed by atoms with Crippen LogP contribution in [-0.2, 0) is 16.1 Å². The number of nitrogens with zero attached hydrogens (tertiary/aromatic N) is 2. The minimum atomic E-state index is -0.484. The van der Waals surface area contributed by atoms with Gasteiger partial charge in [-0.05, 0) is 48.9 Å². The first kappa shape index (κ1) is 19.0. The third-order valence-electron chi connectivity index (χ3n) is 5.39. The second kappa shape index (κ2) is 7.68. The highest BCUT2D eigenvalue weighted by atomic mass is 16.5. The maximum atomic E-state index is 13.3. The fourth-order valence-electron chi connectivity index (χ4n) is 3.89. The lowest BCUT2D eigenvalue weighted by Crippen LogP contribution is -2.28. The van der Waals surface area contributed by atoms with Gasteiger partial charge in [-0.25, -0.2) is 9.78 Å². The highest BCUT2D eigenvalue weighted by Gasteiger charge is 2.36. The van der Waals surface area contributed by atoms with Crippen molar-refractivity contribution in [2.75, 3.05) is 12.4 Å². The molecule has 0 spiro atoms. The van der Waals surface area contributed by atoms with Crippen LogP contribution in [-0.4, -0.2) is 22.6 Å². The molecule has 1 atom stereocenters. The molecule has 2 aromatic heterocycles. The van der Waals surface area contributed by atoms with E-state index in [1.807, 2.05) is 72.2 Å². The Morgan fingerprint density at radius 1 is 1.13 bits per heavy atom. The summed E-state index contributed by atoms with van der Waals surface area (Å²) >= 11 is 0. The van der Waals surface area contributed by atoms with Crippen molar-refractivity contribution < 1.29 is 18.7 Å². The van der Waals surface area contributed by atoms with Crippen LogP contribution in [0.2, 0.25) is 0 Å². The number of imidazole rings is 1. The van der Waals surface area contributed by atoms with Crippen molar-refractivity contribution in [3.63, 3.8) is 0 Å². The fraction of sp³-hybridized carbons (Fsp3) is 0.167. The summed E-state index contributed by atoms with van der Waals surface area (Å²) < 4.78 is 18.6. The molecular formula is C24H21N3O4. The Labute approximate surface area is 178 Å². The molecular weight excluding hydrogens is 394 g/mol.